The molecule has 2 rings (SSSR count). The number of rotatable bonds is 3. The number of carbonyl (C=O) groups excluding carboxylic acids is 1. The van der Waals surface area contributed by atoms with Crippen molar-refractivity contribution in [2.75, 3.05) is 7.11 Å². The lowest BCUT2D eigenvalue weighted by molar-refractivity contribution is 0.0523. The number of hydrogen-bond donors (Lipinski definition) is 1. The number of hydrogen-bond acceptors (Lipinski definition) is 3. The Balaban J connectivity index is 2.27. The van der Waals surface area contributed by atoms with E-state index >= 15 is 0 Å². The zero-order chi connectivity index (χ0) is 11.5. The molecule has 1 saturated carbocycles. The summed E-state index contributed by atoms with van der Waals surface area (Å²) in [5, 5.41) is 10.2. The summed E-state index contributed by atoms with van der Waals surface area (Å²) in [6.07, 6.45) is 2.71. The van der Waals surface area contributed by atoms with E-state index in [-0.39, 0.29) is 5.97 Å². The van der Waals surface area contributed by atoms with Crippen molar-refractivity contribution in [3.8, 4) is 0 Å². The van der Waals surface area contributed by atoms with Gasteiger partial charge < -0.3 is 9.84 Å². The van der Waals surface area contributed by atoms with Crippen molar-refractivity contribution in [1.29, 1.82) is 0 Å². The number of esters is 1. The summed E-state index contributed by atoms with van der Waals surface area (Å²) in [7, 11) is 1.36. The van der Waals surface area contributed by atoms with Gasteiger partial charge >= 0.3 is 5.97 Å². The van der Waals surface area contributed by atoms with Crippen LogP contribution in [-0.2, 0) is 4.74 Å². The highest BCUT2D eigenvalue weighted by Gasteiger charge is 2.29. The fraction of sp³-hybridized carbons (Fsp3) is 0.462. The van der Waals surface area contributed by atoms with Gasteiger partial charge in [0, 0.05) is 0 Å². The zero-order valence-corrected chi connectivity index (χ0v) is 9.35. The smallest absolute Gasteiger partial charge is 0.338 e. The van der Waals surface area contributed by atoms with Gasteiger partial charge in [0.05, 0.1) is 18.8 Å². The molecule has 0 heterocycles. The van der Waals surface area contributed by atoms with E-state index in [1.807, 2.05) is 6.07 Å². The molecule has 0 saturated heterocycles. The molecule has 1 aliphatic carbocycles. The molecule has 0 bridgehead atoms. The van der Waals surface area contributed by atoms with Gasteiger partial charge in [0.25, 0.3) is 0 Å². The van der Waals surface area contributed by atoms with Gasteiger partial charge in [-0.25, -0.2) is 4.79 Å². The molecular formula is C13H16O3. The van der Waals surface area contributed by atoms with Crippen molar-refractivity contribution in [2.24, 2.45) is 5.92 Å². The number of benzene rings is 1. The summed E-state index contributed by atoms with van der Waals surface area (Å²) >= 11 is 0. The van der Waals surface area contributed by atoms with Gasteiger partial charge in [-0.2, -0.15) is 0 Å². The minimum absolute atomic E-state index is 0.297. The molecule has 0 radical (unpaired) electrons. The lowest BCUT2D eigenvalue weighted by atomic mass is 9.78. The van der Waals surface area contributed by atoms with Crippen LogP contribution >= 0.6 is 0 Å². The fourth-order valence-corrected chi connectivity index (χ4v) is 2.06. The topological polar surface area (TPSA) is 46.5 Å². The Bertz CT molecular complexity index is 383. The zero-order valence-electron chi connectivity index (χ0n) is 9.35. The van der Waals surface area contributed by atoms with Crippen LogP contribution in [-0.4, -0.2) is 18.2 Å². The van der Waals surface area contributed by atoms with Gasteiger partial charge in [0.2, 0.25) is 0 Å². The first-order valence-electron chi connectivity index (χ1n) is 5.59. The van der Waals surface area contributed by atoms with Crippen LogP contribution in [0, 0.1) is 5.92 Å². The maximum Gasteiger partial charge on any atom is 0.338 e. The Morgan fingerprint density at radius 1 is 1.44 bits per heavy atom. The van der Waals surface area contributed by atoms with E-state index in [0.29, 0.717) is 17.0 Å². The summed E-state index contributed by atoms with van der Waals surface area (Å²) < 4.78 is 4.71. The monoisotopic (exact) mass is 220 g/mol. The molecule has 1 aromatic rings. The lowest BCUT2D eigenvalue weighted by Crippen LogP contribution is -2.22. The molecule has 3 heteroatoms. The largest absolute Gasteiger partial charge is 0.465 e. The Morgan fingerprint density at radius 2 is 2.12 bits per heavy atom. The maximum atomic E-state index is 11.5. The lowest BCUT2D eigenvalue weighted by Gasteiger charge is -2.31. The van der Waals surface area contributed by atoms with Crippen LogP contribution in [0.1, 0.15) is 41.3 Å². The van der Waals surface area contributed by atoms with E-state index in [4.69, 9.17) is 4.74 Å². The van der Waals surface area contributed by atoms with E-state index in [2.05, 4.69) is 0 Å². The standard InChI is InChI=1S/C13H16O3/c1-16-13(15)11-8-3-2-7-10(11)12(14)9-5-4-6-9/h2-3,7-9,12,14H,4-6H2,1H3. The minimum Gasteiger partial charge on any atom is -0.465 e. The fourth-order valence-electron chi connectivity index (χ4n) is 2.06. The molecule has 0 amide bonds. The normalized spacial score (nSPS) is 17.6. The van der Waals surface area contributed by atoms with Crippen LogP contribution in [0.15, 0.2) is 24.3 Å². The molecule has 16 heavy (non-hydrogen) atoms. The Hall–Kier alpha value is -1.35. The van der Waals surface area contributed by atoms with Crippen LogP contribution in [0.3, 0.4) is 0 Å². The molecule has 1 fully saturated rings. The number of ether oxygens (including phenoxy) is 1. The van der Waals surface area contributed by atoms with Crippen molar-refractivity contribution in [1.82, 2.24) is 0 Å². The number of carbonyl (C=O) groups is 1. The molecule has 0 spiro atoms. The molecule has 1 atom stereocenters. The van der Waals surface area contributed by atoms with E-state index in [9.17, 15) is 9.90 Å². The van der Waals surface area contributed by atoms with Crippen LogP contribution in [0.2, 0.25) is 0 Å². The second-order valence-corrected chi connectivity index (χ2v) is 4.21. The Morgan fingerprint density at radius 3 is 2.69 bits per heavy atom. The SMILES string of the molecule is COC(=O)c1ccccc1C(O)C1CCC1. The Labute approximate surface area is 95.0 Å². The van der Waals surface area contributed by atoms with Crippen LogP contribution in [0.25, 0.3) is 0 Å². The molecule has 1 aliphatic rings. The van der Waals surface area contributed by atoms with Crippen LogP contribution in [0.4, 0.5) is 0 Å². The quantitative estimate of drug-likeness (QED) is 0.795. The predicted molar refractivity (Wildman–Crippen MR) is 60.1 cm³/mol. The first-order valence-corrected chi connectivity index (χ1v) is 5.59. The molecule has 0 aromatic heterocycles. The molecule has 1 N–H and O–H groups in total. The highest BCUT2D eigenvalue weighted by Crippen LogP contribution is 2.38. The third-order valence-electron chi connectivity index (χ3n) is 3.28. The third-order valence-corrected chi connectivity index (χ3v) is 3.28. The number of aliphatic hydroxyl groups excluding tert-OH is 1. The second-order valence-electron chi connectivity index (χ2n) is 4.21. The van der Waals surface area contributed by atoms with Crippen molar-refractivity contribution < 1.29 is 14.6 Å². The molecule has 1 aromatic carbocycles. The summed E-state index contributed by atoms with van der Waals surface area (Å²) in [4.78, 5) is 11.5. The molecule has 86 valence electrons. The predicted octanol–water partition coefficient (Wildman–Crippen LogP) is 2.31. The van der Waals surface area contributed by atoms with Gasteiger partial charge in [-0.15, -0.1) is 0 Å². The third kappa shape index (κ3) is 1.95. The summed E-state index contributed by atoms with van der Waals surface area (Å²) in [5.74, 6) is -0.0835. The highest BCUT2D eigenvalue weighted by molar-refractivity contribution is 5.91. The molecule has 0 aliphatic heterocycles. The first-order chi connectivity index (χ1) is 7.74. The van der Waals surface area contributed by atoms with Gasteiger partial charge in [0.1, 0.15) is 0 Å². The van der Waals surface area contributed by atoms with Gasteiger partial charge in [0.15, 0.2) is 0 Å². The van der Waals surface area contributed by atoms with E-state index in [0.717, 1.165) is 12.8 Å². The average Bonchev–Trinajstić information content (AvgIpc) is 2.25. The van der Waals surface area contributed by atoms with Crippen LogP contribution in [0.5, 0.6) is 0 Å². The molecule has 1 unspecified atom stereocenters. The summed E-state index contributed by atoms with van der Waals surface area (Å²) in [5.41, 5.74) is 1.17. The number of methoxy groups -OCH3 is 1. The van der Waals surface area contributed by atoms with Gasteiger partial charge in [-0.1, -0.05) is 24.6 Å². The molecular weight excluding hydrogens is 204 g/mol. The van der Waals surface area contributed by atoms with Crippen molar-refractivity contribution in [3.05, 3.63) is 35.4 Å². The summed E-state index contributed by atoms with van der Waals surface area (Å²) in [6, 6.07) is 7.12. The number of aliphatic hydroxyl groups is 1. The maximum absolute atomic E-state index is 11.5. The van der Waals surface area contributed by atoms with E-state index in [1.54, 1.807) is 18.2 Å². The van der Waals surface area contributed by atoms with Gasteiger partial charge in [-0.05, 0) is 30.4 Å². The van der Waals surface area contributed by atoms with Gasteiger partial charge in [-0.3, -0.25) is 0 Å². The van der Waals surface area contributed by atoms with Crippen molar-refractivity contribution in [2.45, 2.75) is 25.4 Å². The van der Waals surface area contributed by atoms with Crippen molar-refractivity contribution >= 4 is 5.97 Å². The minimum atomic E-state index is -0.538. The van der Waals surface area contributed by atoms with E-state index < -0.39 is 6.10 Å². The Kier molecular flexibility index (Phi) is 3.25. The summed E-state index contributed by atoms with van der Waals surface area (Å²) in [6.45, 7) is 0. The second kappa shape index (κ2) is 4.66. The molecule has 3 nitrogen and oxygen atoms in total. The van der Waals surface area contributed by atoms with Crippen molar-refractivity contribution in [3.63, 3.8) is 0 Å². The van der Waals surface area contributed by atoms with E-state index in [1.165, 1.54) is 13.5 Å². The first kappa shape index (κ1) is 11.1. The highest BCUT2D eigenvalue weighted by atomic mass is 16.5. The van der Waals surface area contributed by atoms with Crippen LogP contribution < -0.4 is 0 Å². The average molecular weight is 220 g/mol.